The molecule has 2 rings (SSSR count). The molecule has 0 fully saturated rings. The molecule has 0 unspecified atom stereocenters. The molecule has 0 saturated carbocycles. The molecule has 0 bridgehead atoms. The Morgan fingerprint density at radius 3 is 2.22 bits per heavy atom. The van der Waals surface area contributed by atoms with E-state index >= 15 is 0 Å². The van der Waals surface area contributed by atoms with Gasteiger partial charge in [0.2, 0.25) is 0 Å². The van der Waals surface area contributed by atoms with Crippen LogP contribution >= 0.6 is 50.9 Å². The zero-order valence-electron chi connectivity index (χ0n) is 9.45. The zero-order valence-corrected chi connectivity index (χ0v) is 13.4. The molecular weight excluding hydrogens is 355 g/mol. The lowest BCUT2D eigenvalue weighted by Crippen LogP contribution is -1.96. The first-order chi connectivity index (χ1) is 8.56. The maximum Gasteiger partial charge on any atom is 0.142 e. The average molecular weight is 364 g/mol. The van der Waals surface area contributed by atoms with Gasteiger partial charge in [-0.25, -0.2) is 9.97 Å². The second-order valence-corrected chi connectivity index (χ2v) is 6.27. The van der Waals surface area contributed by atoms with Crippen LogP contribution < -0.4 is 0 Å². The first-order valence-electron chi connectivity index (χ1n) is 5.13. The van der Waals surface area contributed by atoms with Crippen molar-refractivity contribution in [1.82, 2.24) is 9.97 Å². The summed E-state index contributed by atoms with van der Waals surface area (Å²) < 4.78 is 1.06. The minimum atomic E-state index is 0.418. The van der Waals surface area contributed by atoms with Gasteiger partial charge in [-0.2, -0.15) is 0 Å². The summed E-state index contributed by atoms with van der Waals surface area (Å²) in [6, 6.07) is 8.06. The lowest BCUT2D eigenvalue weighted by Gasteiger charge is -2.04. The number of nitrogens with zero attached hydrogens (tertiary/aromatic N) is 2. The van der Waals surface area contributed by atoms with E-state index in [9.17, 15) is 0 Å². The Bertz CT molecular complexity index is 537. The van der Waals surface area contributed by atoms with E-state index in [4.69, 9.17) is 23.2 Å². The Kier molecular flexibility index (Phi) is 4.90. The highest BCUT2D eigenvalue weighted by Gasteiger charge is 2.07. The minimum absolute atomic E-state index is 0.418. The lowest BCUT2D eigenvalue weighted by molar-refractivity contribution is 1.01. The van der Waals surface area contributed by atoms with E-state index in [-0.39, 0.29) is 0 Å². The first kappa shape index (κ1) is 14.1. The Morgan fingerprint density at radius 1 is 1.11 bits per heavy atom. The van der Waals surface area contributed by atoms with Crippen molar-refractivity contribution in [3.63, 3.8) is 0 Å². The molecule has 2 nitrogen and oxygen atoms in total. The largest absolute Gasteiger partial charge is 0.220 e. The van der Waals surface area contributed by atoms with Crippen LogP contribution in [0, 0.1) is 6.92 Å². The second-order valence-electron chi connectivity index (χ2n) is 3.59. The maximum absolute atomic E-state index is 5.97. The van der Waals surface area contributed by atoms with Gasteiger partial charge in [0, 0.05) is 14.9 Å². The van der Waals surface area contributed by atoms with Gasteiger partial charge in [-0.3, -0.25) is 0 Å². The monoisotopic (exact) mass is 362 g/mol. The highest BCUT2D eigenvalue weighted by Crippen LogP contribution is 2.25. The first-order valence-corrected chi connectivity index (χ1v) is 7.66. The molecule has 0 atom stereocenters. The number of benzene rings is 1. The van der Waals surface area contributed by atoms with E-state index in [1.807, 2.05) is 24.3 Å². The van der Waals surface area contributed by atoms with E-state index in [0.29, 0.717) is 21.9 Å². The third kappa shape index (κ3) is 3.60. The number of halogens is 3. The van der Waals surface area contributed by atoms with Gasteiger partial charge in [0.15, 0.2) is 0 Å². The van der Waals surface area contributed by atoms with E-state index < -0.39 is 0 Å². The van der Waals surface area contributed by atoms with Gasteiger partial charge in [0.1, 0.15) is 16.1 Å². The predicted molar refractivity (Wildman–Crippen MR) is 80.5 cm³/mol. The summed E-state index contributed by atoms with van der Waals surface area (Å²) in [5.41, 5.74) is 0.718. The molecular formula is C12H9BrCl2N2S. The molecule has 0 N–H and O–H groups in total. The van der Waals surface area contributed by atoms with Crippen LogP contribution in [0.1, 0.15) is 11.4 Å². The summed E-state index contributed by atoms with van der Waals surface area (Å²) in [5, 5.41) is 0.836. The van der Waals surface area contributed by atoms with Crippen LogP contribution in [0.15, 0.2) is 33.6 Å². The summed E-state index contributed by atoms with van der Waals surface area (Å²) in [6.07, 6.45) is 0. The van der Waals surface area contributed by atoms with Crippen LogP contribution in [-0.2, 0) is 5.75 Å². The van der Waals surface area contributed by atoms with Gasteiger partial charge in [-0.05, 0) is 31.2 Å². The Balaban J connectivity index is 2.08. The summed E-state index contributed by atoms with van der Waals surface area (Å²) in [4.78, 5) is 9.56. The molecule has 1 aromatic carbocycles. The van der Waals surface area contributed by atoms with Crippen LogP contribution in [0.5, 0.6) is 0 Å². The molecule has 1 aromatic heterocycles. The van der Waals surface area contributed by atoms with E-state index in [1.54, 1.807) is 18.7 Å². The number of thioether (sulfide) groups is 1. The number of hydrogen-bond donors (Lipinski definition) is 0. The van der Waals surface area contributed by atoms with Crippen molar-refractivity contribution in [3.8, 4) is 0 Å². The average Bonchev–Trinajstić information content (AvgIpc) is 2.35. The minimum Gasteiger partial charge on any atom is -0.220 e. The summed E-state index contributed by atoms with van der Waals surface area (Å²) in [5.74, 6) is 1.28. The number of rotatable bonds is 3. The zero-order chi connectivity index (χ0) is 13.1. The van der Waals surface area contributed by atoms with E-state index in [2.05, 4.69) is 25.9 Å². The molecule has 0 aliphatic rings. The Hall–Kier alpha value is -0.290. The SMILES string of the molecule is Cc1c(Cl)nc(CSc2ccc(Br)cc2)nc1Cl. The van der Waals surface area contributed by atoms with Crippen LogP contribution in [-0.4, -0.2) is 9.97 Å². The summed E-state index contributed by atoms with van der Waals surface area (Å²) in [6.45, 7) is 1.80. The van der Waals surface area contributed by atoms with E-state index in [1.165, 1.54) is 0 Å². The third-order valence-corrected chi connectivity index (χ3v) is 4.53. The molecule has 0 aliphatic carbocycles. The fourth-order valence-corrected chi connectivity index (χ4v) is 2.69. The number of aromatic nitrogens is 2. The molecule has 6 heteroatoms. The van der Waals surface area contributed by atoms with Gasteiger partial charge in [0.05, 0.1) is 5.75 Å². The van der Waals surface area contributed by atoms with Crippen LogP contribution in [0.2, 0.25) is 10.3 Å². The normalized spacial score (nSPS) is 10.7. The molecule has 18 heavy (non-hydrogen) atoms. The van der Waals surface area contributed by atoms with Crippen molar-refractivity contribution in [1.29, 1.82) is 0 Å². The second kappa shape index (κ2) is 6.24. The molecule has 1 heterocycles. The van der Waals surface area contributed by atoms with Crippen LogP contribution in [0.4, 0.5) is 0 Å². The lowest BCUT2D eigenvalue weighted by atomic mass is 10.4. The van der Waals surface area contributed by atoms with Gasteiger partial charge in [-0.1, -0.05) is 39.1 Å². The van der Waals surface area contributed by atoms with Gasteiger partial charge in [0.25, 0.3) is 0 Å². The molecule has 2 aromatic rings. The van der Waals surface area contributed by atoms with Crippen molar-refractivity contribution in [2.45, 2.75) is 17.6 Å². The highest BCUT2D eigenvalue weighted by atomic mass is 79.9. The Labute approximate surface area is 128 Å². The highest BCUT2D eigenvalue weighted by molar-refractivity contribution is 9.10. The maximum atomic E-state index is 5.97. The van der Waals surface area contributed by atoms with Crippen LogP contribution in [0.3, 0.4) is 0 Å². The number of hydrogen-bond acceptors (Lipinski definition) is 3. The molecule has 0 spiro atoms. The van der Waals surface area contributed by atoms with Crippen molar-refractivity contribution in [2.75, 3.05) is 0 Å². The van der Waals surface area contributed by atoms with Crippen molar-refractivity contribution in [3.05, 3.63) is 50.4 Å². The van der Waals surface area contributed by atoms with Crippen LogP contribution in [0.25, 0.3) is 0 Å². The molecule has 0 aliphatic heterocycles. The van der Waals surface area contributed by atoms with Crippen molar-refractivity contribution >= 4 is 50.9 Å². The fourth-order valence-electron chi connectivity index (χ4n) is 1.25. The predicted octanol–water partition coefficient (Wildman–Crippen LogP) is 5.15. The fraction of sp³-hybridized carbons (Fsp3) is 0.167. The molecule has 0 radical (unpaired) electrons. The molecule has 0 amide bonds. The van der Waals surface area contributed by atoms with Crippen molar-refractivity contribution in [2.24, 2.45) is 0 Å². The standard InChI is InChI=1S/C12H9BrCl2N2S/c1-7-11(14)16-10(17-12(7)15)6-18-9-4-2-8(13)3-5-9/h2-5H,6H2,1H3. The topological polar surface area (TPSA) is 25.8 Å². The molecule has 94 valence electrons. The summed E-state index contributed by atoms with van der Waals surface area (Å²) in [7, 11) is 0. The third-order valence-electron chi connectivity index (χ3n) is 2.25. The Morgan fingerprint density at radius 2 is 1.67 bits per heavy atom. The smallest absolute Gasteiger partial charge is 0.142 e. The quantitative estimate of drug-likeness (QED) is 0.557. The van der Waals surface area contributed by atoms with Crippen molar-refractivity contribution < 1.29 is 0 Å². The van der Waals surface area contributed by atoms with Gasteiger partial charge >= 0.3 is 0 Å². The summed E-state index contributed by atoms with van der Waals surface area (Å²) >= 11 is 17.0. The van der Waals surface area contributed by atoms with E-state index in [0.717, 1.165) is 14.9 Å². The van der Waals surface area contributed by atoms with Gasteiger partial charge in [-0.15, -0.1) is 11.8 Å². The van der Waals surface area contributed by atoms with Gasteiger partial charge < -0.3 is 0 Å². The molecule has 0 saturated heterocycles.